The van der Waals surface area contributed by atoms with Crippen LogP contribution in [0.5, 0.6) is 0 Å². The van der Waals surface area contributed by atoms with Crippen molar-refractivity contribution in [2.75, 3.05) is 5.88 Å². The van der Waals surface area contributed by atoms with Crippen LogP contribution in [0.4, 0.5) is 0 Å². The highest BCUT2D eigenvalue weighted by Crippen LogP contribution is 2.24. The fraction of sp³-hybridized carbons (Fsp3) is 0.214. The zero-order valence-corrected chi connectivity index (χ0v) is 10.0. The average molecular weight is 232 g/mol. The van der Waals surface area contributed by atoms with Gasteiger partial charge >= 0.3 is 0 Å². The summed E-state index contributed by atoms with van der Waals surface area (Å²) in [6, 6.07) is 8.35. The van der Waals surface area contributed by atoms with Gasteiger partial charge in [0.1, 0.15) is 0 Å². The highest BCUT2D eigenvalue weighted by molar-refractivity contribution is 6.18. The molecule has 0 saturated heterocycles. The van der Waals surface area contributed by atoms with E-state index in [1.165, 1.54) is 21.9 Å². The number of alkyl halides is 1. The topological polar surface area (TPSA) is 12.9 Å². The number of allylic oxidation sites excluding steroid dienone is 2. The van der Waals surface area contributed by atoms with Gasteiger partial charge in [0.05, 0.1) is 0 Å². The van der Waals surface area contributed by atoms with E-state index in [0.29, 0.717) is 5.88 Å². The zero-order valence-electron chi connectivity index (χ0n) is 9.28. The monoisotopic (exact) mass is 231 g/mol. The standard InChI is InChI=1S/C14H14ClN/c1-11(4-3-8-15)13-6-2-5-12-10-16-9-7-14(12)13/h2,4-7,9-10H,3,8H2,1H3. The summed E-state index contributed by atoms with van der Waals surface area (Å²) in [5.41, 5.74) is 2.54. The SMILES string of the molecule is CC(=CCCCl)c1cccc2cnccc12. The molecule has 1 aromatic heterocycles. The van der Waals surface area contributed by atoms with Crippen molar-refractivity contribution in [3.05, 3.63) is 48.3 Å². The molecule has 0 aliphatic carbocycles. The van der Waals surface area contributed by atoms with E-state index in [1.54, 1.807) is 0 Å². The fourth-order valence-corrected chi connectivity index (χ4v) is 1.96. The van der Waals surface area contributed by atoms with Crippen molar-refractivity contribution >= 4 is 27.9 Å². The number of hydrogen-bond donors (Lipinski definition) is 0. The van der Waals surface area contributed by atoms with Crippen molar-refractivity contribution in [3.63, 3.8) is 0 Å². The summed E-state index contributed by atoms with van der Waals surface area (Å²) in [5.74, 6) is 0.670. The molecule has 0 unspecified atom stereocenters. The molecule has 0 amide bonds. The number of halogens is 1. The molecule has 0 aliphatic rings. The first kappa shape index (κ1) is 11.2. The molecular formula is C14H14ClN. The summed E-state index contributed by atoms with van der Waals surface area (Å²) in [7, 11) is 0. The van der Waals surface area contributed by atoms with E-state index >= 15 is 0 Å². The van der Waals surface area contributed by atoms with E-state index in [2.05, 4.69) is 42.2 Å². The van der Waals surface area contributed by atoms with Gasteiger partial charge in [0.25, 0.3) is 0 Å². The second-order valence-corrected chi connectivity index (χ2v) is 4.15. The zero-order chi connectivity index (χ0) is 11.4. The molecule has 0 atom stereocenters. The van der Waals surface area contributed by atoms with E-state index in [0.717, 1.165) is 6.42 Å². The van der Waals surface area contributed by atoms with Crippen molar-refractivity contribution in [1.29, 1.82) is 0 Å². The number of rotatable bonds is 3. The number of fused-ring (bicyclic) bond motifs is 1. The lowest BCUT2D eigenvalue weighted by Gasteiger charge is -2.06. The van der Waals surface area contributed by atoms with E-state index in [-0.39, 0.29) is 0 Å². The minimum atomic E-state index is 0.670. The molecular weight excluding hydrogens is 218 g/mol. The van der Waals surface area contributed by atoms with Gasteiger partial charge < -0.3 is 0 Å². The van der Waals surface area contributed by atoms with E-state index in [4.69, 9.17) is 11.6 Å². The van der Waals surface area contributed by atoms with Crippen LogP contribution in [0.2, 0.25) is 0 Å². The quantitative estimate of drug-likeness (QED) is 0.719. The first-order valence-corrected chi connectivity index (χ1v) is 5.92. The highest BCUT2D eigenvalue weighted by atomic mass is 35.5. The summed E-state index contributed by atoms with van der Waals surface area (Å²) in [6.07, 6.45) is 6.82. The number of benzene rings is 1. The molecule has 16 heavy (non-hydrogen) atoms. The second kappa shape index (κ2) is 5.13. The molecule has 0 bridgehead atoms. The van der Waals surface area contributed by atoms with Crippen LogP contribution in [0.1, 0.15) is 18.9 Å². The maximum absolute atomic E-state index is 5.70. The molecule has 0 N–H and O–H groups in total. The van der Waals surface area contributed by atoms with E-state index < -0.39 is 0 Å². The Morgan fingerprint density at radius 3 is 3.06 bits per heavy atom. The van der Waals surface area contributed by atoms with Crippen molar-refractivity contribution in [2.45, 2.75) is 13.3 Å². The largest absolute Gasteiger partial charge is 0.264 e. The lowest BCUT2D eigenvalue weighted by molar-refractivity contribution is 1.23. The van der Waals surface area contributed by atoms with Gasteiger partial charge in [-0.15, -0.1) is 11.6 Å². The fourth-order valence-electron chi connectivity index (χ4n) is 1.85. The Hall–Kier alpha value is -1.34. The van der Waals surface area contributed by atoms with E-state index in [9.17, 15) is 0 Å². The summed E-state index contributed by atoms with van der Waals surface area (Å²) < 4.78 is 0. The van der Waals surface area contributed by atoms with Gasteiger partial charge in [-0.3, -0.25) is 4.98 Å². The van der Waals surface area contributed by atoms with Gasteiger partial charge in [-0.2, -0.15) is 0 Å². The third-order valence-corrected chi connectivity index (χ3v) is 2.88. The third kappa shape index (κ3) is 2.25. The van der Waals surface area contributed by atoms with Gasteiger partial charge in [-0.25, -0.2) is 0 Å². The number of aromatic nitrogens is 1. The highest BCUT2D eigenvalue weighted by Gasteiger charge is 2.01. The number of hydrogen-bond acceptors (Lipinski definition) is 1. The minimum absolute atomic E-state index is 0.670. The van der Waals surface area contributed by atoms with Crippen LogP contribution >= 0.6 is 11.6 Å². The van der Waals surface area contributed by atoms with Crippen molar-refractivity contribution in [2.24, 2.45) is 0 Å². The predicted molar refractivity (Wildman–Crippen MR) is 70.7 cm³/mol. The number of nitrogens with zero attached hydrogens (tertiary/aromatic N) is 1. The van der Waals surface area contributed by atoms with Crippen LogP contribution in [-0.4, -0.2) is 10.9 Å². The predicted octanol–water partition coefficient (Wildman–Crippen LogP) is 4.27. The molecule has 1 nitrogen and oxygen atoms in total. The molecule has 1 heterocycles. The lowest BCUT2D eigenvalue weighted by Crippen LogP contribution is -1.84. The molecule has 0 saturated carbocycles. The van der Waals surface area contributed by atoms with Gasteiger partial charge in [0, 0.05) is 23.7 Å². The minimum Gasteiger partial charge on any atom is -0.264 e. The Morgan fingerprint density at radius 2 is 2.25 bits per heavy atom. The van der Waals surface area contributed by atoms with Gasteiger partial charge in [-0.1, -0.05) is 24.3 Å². The smallest absolute Gasteiger partial charge is 0.0346 e. The van der Waals surface area contributed by atoms with Gasteiger partial charge in [0.15, 0.2) is 0 Å². The molecule has 2 rings (SSSR count). The Labute approximate surface area is 101 Å². The first-order valence-electron chi connectivity index (χ1n) is 5.39. The van der Waals surface area contributed by atoms with Crippen molar-refractivity contribution in [3.8, 4) is 0 Å². The molecule has 0 spiro atoms. The molecule has 0 fully saturated rings. The van der Waals surface area contributed by atoms with Crippen LogP contribution < -0.4 is 0 Å². The van der Waals surface area contributed by atoms with Crippen LogP contribution in [0, 0.1) is 0 Å². The normalized spacial score (nSPS) is 12.0. The molecule has 2 heteroatoms. The average Bonchev–Trinajstić information content (AvgIpc) is 2.35. The molecule has 0 aliphatic heterocycles. The summed E-state index contributed by atoms with van der Waals surface area (Å²) in [4.78, 5) is 4.13. The summed E-state index contributed by atoms with van der Waals surface area (Å²) in [5, 5.41) is 2.43. The maximum Gasteiger partial charge on any atom is 0.0346 e. The molecule has 82 valence electrons. The molecule has 0 radical (unpaired) electrons. The van der Waals surface area contributed by atoms with Gasteiger partial charge in [0.2, 0.25) is 0 Å². The Kier molecular flexibility index (Phi) is 3.58. The second-order valence-electron chi connectivity index (χ2n) is 3.77. The van der Waals surface area contributed by atoms with Gasteiger partial charge in [-0.05, 0) is 35.9 Å². The Balaban J connectivity index is 2.52. The van der Waals surface area contributed by atoms with E-state index in [1.807, 2.05) is 12.4 Å². The molecule has 2 aromatic rings. The third-order valence-electron chi connectivity index (χ3n) is 2.67. The van der Waals surface area contributed by atoms with Crippen molar-refractivity contribution in [1.82, 2.24) is 4.98 Å². The van der Waals surface area contributed by atoms with Crippen LogP contribution in [0.3, 0.4) is 0 Å². The molecule has 1 aromatic carbocycles. The van der Waals surface area contributed by atoms with Crippen LogP contribution in [0.25, 0.3) is 16.3 Å². The lowest BCUT2D eigenvalue weighted by atomic mass is 10.00. The van der Waals surface area contributed by atoms with Crippen LogP contribution in [0.15, 0.2) is 42.7 Å². The summed E-state index contributed by atoms with van der Waals surface area (Å²) >= 11 is 5.70. The first-order chi connectivity index (χ1) is 7.83. The Morgan fingerprint density at radius 1 is 1.38 bits per heavy atom. The van der Waals surface area contributed by atoms with Crippen LogP contribution in [-0.2, 0) is 0 Å². The Bertz CT molecular complexity index is 512. The maximum atomic E-state index is 5.70. The summed E-state index contributed by atoms with van der Waals surface area (Å²) in [6.45, 7) is 2.13. The van der Waals surface area contributed by atoms with Crippen molar-refractivity contribution < 1.29 is 0 Å². The number of pyridine rings is 1.